The van der Waals surface area contributed by atoms with E-state index in [0.717, 1.165) is 12.8 Å². The second kappa shape index (κ2) is 8.11. The Kier molecular flexibility index (Phi) is 6.81. The van der Waals surface area contributed by atoms with Gasteiger partial charge in [-0.2, -0.15) is 0 Å². The van der Waals surface area contributed by atoms with Crippen LogP contribution in [0.3, 0.4) is 0 Å². The quantitative estimate of drug-likeness (QED) is 0.542. The fourth-order valence-electron chi connectivity index (χ4n) is 1.85. The van der Waals surface area contributed by atoms with Gasteiger partial charge in [0.2, 0.25) is 10.0 Å². The molecular formula is C14H24N2O3S. The molecule has 6 heteroatoms. The Bertz CT molecular complexity index is 515. The topological polar surface area (TPSA) is 81.4 Å². The molecule has 0 spiro atoms. The lowest BCUT2D eigenvalue weighted by Gasteiger charge is -2.12. The summed E-state index contributed by atoms with van der Waals surface area (Å²) in [4.78, 5) is 0.0913. The van der Waals surface area contributed by atoms with Crippen molar-refractivity contribution >= 4 is 15.7 Å². The van der Waals surface area contributed by atoms with Crippen LogP contribution in [0.15, 0.2) is 23.1 Å². The standard InChI is InChI=1S/C14H24N2O3S/c1-3-4-5-6-7-10-19-13-9-8-12(15)11-14(13)20(17,18)16-2/h8-9,11,16H,3-7,10,15H2,1-2H3. The van der Waals surface area contributed by atoms with Crippen molar-refractivity contribution < 1.29 is 13.2 Å². The summed E-state index contributed by atoms with van der Waals surface area (Å²) in [6.07, 6.45) is 5.62. The number of nitrogens with two attached hydrogens (primary N) is 1. The average Bonchev–Trinajstić information content (AvgIpc) is 2.44. The molecule has 1 rings (SSSR count). The van der Waals surface area contributed by atoms with Crippen LogP contribution in [0.5, 0.6) is 5.75 Å². The van der Waals surface area contributed by atoms with Gasteiger partial charge >= 0.3 is 0 Å². The van der Waals surface area contributed by atoms with Crippen molar-refractivity contribution in [3.8, 4) is 5.75 Å². The van der Waals surface area contributed by atoms with E-state index in [4.69, 9.17) is 10.5 Å². The Labute approximate surface area is 121 Å². The molecule has 0 atom stereocenters. The van der Waals surface area contributed by atoms with Gasteiger partial charge in [0.15, 0.2) is 0 Å². The van der Waals surface area contributed by atoms with Gasteiger partial charge in [0.1, 0.15) is 10.6 Å². The number of unbranched alkanes of at least 4 members (excludes halogenated alkanes) is 4. The summed E-state index contributed by atoms with van der Waals surface area (Å²) in [5.74, 6) is 0.351. The van der Waals surface area contributed by atoms with Gasteiger partial charge in [-0.05, 0) is 31.7 Å². The van der Waals surface area contributed by atoms with Crippen LogP contribution in [0.4, 0.5) is 5.69 Å². The van der Waals surface area contributed by atoms with E-state index in [2.05, 4.69) is 11.6 Å². The van der Waals surface area contributed by atoms with Gasteiger partial charge in [0.25, 0.3) is 0 Å². The maximum atomic E-state index is 11.9. The molecule has 1 aromatic carbocycles. The van der Waals surface area contributed by atoms with E-state index in [1.807, 2.05) is 0 Å². The predicted molar refractivity (Wildman–Crippen MR) is 81.4 cm³/mol. The number of nitrogens with one attached hydrogen (secondary N) is 1. The summed E-state index contributed by atoms with van der Waals surface area (Å²) in [6.45, 7) is 2.68. The Balaban J connectivity index is 2.66. The van der Waals surface area contributed by atoms with Crippen LogP contribution in [0.2, 0.25) is 0 Å². The molecule has 0 saturated heterocycles. The molecule has 0 heterocycles. The lowest BCUT2D eigenvalue weighted by atomic mass is 10.2. The van der Waals surface area contributed by atoms with Crippen LogP contribution in [0.25, 0.3) is 0 Å². The van der Waals surface area contributed by atoms with Crippen LogP contribution in [0.1, 0.15) is 39.0 Å². The minimum atomic E-state index is -3.56. The van der Waals surface area contributed by atoms with E-state index in [-0.39, 0.29) is 4.90 Å². The molecule has 3 N–H and O–H groups in total. The minimum Gasteiger partial charge on any atom is -0.492 e. The monoisotopic (exact) mass is 300 g/mol. The van der Waals surface area contributed by atoms with Gasteiger partial charge in [-0.3, -0.25) is 0 Å². The maximum absolute atomic E-state index is 11.9. The summed E-state index contributed by atoms with van der Waals surface area (Å²) < 4.78 is 31.7. The summed E-state index contributed by atoms with van der Waals surface area (Å²) in [5.41, 5.74) is 6.04. The van der Waals surface area contributed by atoms with Crippen LogP contribution in [0, 0.1) is 0 Å². The lowest BCUT2D eigenvalue weighted by Crippen LogP contribution is -2.20. The molecule has 0 unspecified atom stereocenters. The van der Waals surface area contributed by atoms with Crippen LogP contribution in [-0.4, -0.2) is 22.1 Å². The Hall–Kier alpha value is -1.27. The van der Waals surface area contributed by atoms with Gasteiger partial charge in [0, 0.05) is 5.69 Å². The highest BCUT2D eigenvalue weighted by atomic mass is 32.2. The van der Waals surface area contributed by atoms with Crippen molar-refractivity contribution in [3.05, 3.63) is 18.2 Å². The van der Waals surface area contributed by atoms with E-state index in [1.165, 1.54) is 32.4 Å². The average molecular weight is 300 g/mol. The fourth-order valence-corrected chi connectivity index (χ4v) is 2.75. The number of hydrogen-bond donors (Lipinski definition) is 2. The Morgan fingerprint density at radius 1 is 1.20 bits per heavy atom. The molecule has 0 aliphatic heterocycles. The first-order valence-electron chi connectivity index (χ1n) is 6.97. The van der Waals surface area contributed by atoms with Gasteiger partial charge in [-0.1, -0.05) is 32.6 Å². The molecule has 0 saturated carbocycles. The highest BCUT2D eigenvalue weighted by Gasteiger charge is 2.18. The molecule has 0 bridgehead atoms. The lowest BCUT2D eigenvalue weighted by molar-refractivity contribution is 0.297. The normalized spacial score (nSPS) is 11.5. The number of sulfonamides is 1. The molecule has 114 valence electrons. The van der Waals surface area contributed by atoms with Crippen molar-refractivity contribution in [1.29, 1.82) is 0 Å². The molecular weight excluding hydrogens is 276 g/mol. The summed E-state index contributed by atoms with van der Waals surface area (Å²) in [6, 6.07) is 4.66. The molecule has 0 aromatic heterocycles. The van der Waals surface area contributed by atoms with E-state index in [0.29, 0.717) is 18.0 Å². The summed E-state index contributed by atoms with van der Waals surface area (Å²) in [7, 11) is -2.19. The Morgan fingerprint density at radius 2 is 1.90 bits per heavy atom. The molecule has 0 radical (unpaired) electrons. The number of anilines is 1. The van der Waals surface area contributed by atoms with Crippen molar-refractivity contribution in [1.82, 2.24) is 4.72 Å². The third-order valence-electron chi connectivity index (χ3n) is 3.03. The van der Waals surface area contributed by atoms with E-state index in [1.54, 1.807) is 12.1 Å². The second-order valence-electron chi connectivity index (χ2n) is 4.68. The third kappa shape index (κ3) is 5.02. The van der Waals surface area contributed by atoms with E-state index in [9.17, 15) is 8.42 Å². The predicted octanol–water partition coefficient (Wildman–Crippen LogP) is 2.53. The third-order valence-corrected chi connectivity index (χ3v) is 4.47. The van der Waals surface area contributed by atoms with Gasteiger partial charge in [-0.15, -0.1) is 0 Å². The number of rotatable bonds is 9. The number of hydrogen-bond acceptors (Lipinski definition) is 4. The number of nitrogen functional groups attached to an aromatic ring is 1. The highest BCUT2D eigenvalue weighted by Crippen LogP contribution is 2.26. The van der Waals surface area contributed by atoms with Crippen molar-refractivity contribution in [2.45, 2.75) is 43.9 Å². The SMILES string of the molecule is CCCCCCCOc1ccc(N)cc1S(=O)(=O)NC. The first kappa shape index (κ1) is 16.8. The molecule has 0 aliphatic rings. The van der Waals surface area contributed by atoms with Crippen LogP contribution in [-0.2, 0) is 10.0 Å². The first-order chi connectivity index (χ1) is 9.51. The second-order valence-corrected chi connectivity index (χ2v) is 6.53. The summed E-state index contributed by atoms with van der Waals surface area (Å²) in [5, 5.41) is 0. The maximum Gasteiger partial charge on any atom is 0.244 e. The smallest absolute Gasteiger partial charge is 0.244 e. The zero-order valence-electron chi connectivity index (χ0n) is 12.2. The number of benzene rings is 1. The van der Waals surface area contributed by atoms with Crippen molar-refractivity contribution in [2.75, 3.05) is 19.4 Å². The van der Waals surface area contributed by atoms with Crippen molar-refractivity contribution in [3.63, 3.8) is 0 Å². The van der Waals surface area contributed by atoms with Crippen LogP contribution >= 0.6 is 0 Å². The molecule has 5 nitrogen and oxygen atoms in total. The summed E-state index contributed by atoms with van der Waals surface area (Å²) >= 11 is 0. The zero-order chi connectivity index (χ0) is 15.0. The molecule has 0 fully saturated rings. The first-order valence-corrected chi connectivity index (χ1v) is 8.45. The van der Waals surface area contributed by atoms with Gasteiger partial charge in [-0.25, -0.2) is 13.1 Å². The molecule has 0 amide bonds. The molecule has 0 aliphatic carbocycles. The minimum absolute atomic E-state index is 0.0913. The Morgan fingerprint density at radius 3 is 2.55 bits per heavy atom. The highest BCUT2D eigenvalue weighted by molar-refractivity contribution is 7.89. The van der Waals surface area contributed by atoms with Gasteiger partial charge < -0.3 is 10.5 Å². The van der Waals surface area contributed by atoms with E-state index >= 15 is 0 Å². The molecule has 1 aromatic rings. The molecule has 20 heavy (non-hydrogen) atoms. The van der Waals surface area contributed by atoms with E-state index < -0.39 is 10.0 Å². The van der Waals surface area contributed by atoms with Gasteiger partial charge in [0.05, 0.1) is 6.61 Å². The number of ether oxygens (including phenoxy) is 1. The largest absolute Gasteiger partial charge is 0.492 e. The van der Waals surface area contributed by atoms with Crippen LogP contribution < -0.4 is 15.2 Å². The fraction of sp³-hybridized carbons (Fsp3) is 0.571. The van der Waals surface area contributed by atoms with Crippen molar-refractivity contribution in [2.24, 2.45) is 0 Å². The zero-order valence-corrected chi connectivity index (χ0v) is 13.0.